The summed E-state index contributed by atoms with van der Waals surface area (Å²) in [4.78, 5) is 12.0. The maximum atomic E-state index is 12.8. The van der Waals surface area contributed by atoms with Gasteiger partial charge >= 0.3 is 0 Å². The molecule has 0 aliphatic rings. The van der Waals surface area contributed by atoms with Crippen molar-refractivity contribution < 1.29 is 17.6 Å². The van der Waals surface area contributed by atoms with E-state index in [2.05, 4.69) is 5.32 Å². The van der Waals surface area contributed by atoms with Crippen LogP contribution in [0.2, 0.25) is 0 Å². The molecule has 0 bridgehead atoms. The third-order valence-electron chi connectivity index (χ3n) is 3.16. The predicted octanol–water partition coefficient (Wildman–Crippen LogP) is 3.27. The highest BCUT2D eigenvalue weighted by Gasteiger charge is 2.10. The van der Waals surface area contributed by atoms with Gasteiger partial charge in [0.05, 0.1) is 10.6 Å². The molecule has 6 heteroatoms. The zero-order valence-corrected chi connectivity index (χ0v) is 13.3. The molecule has 2 aromatic rings. The summed E-state index contributed by atoms with van der Waals surface area (Å²) in [6.07, 6.45) is 2.88. The van der Waals surface area contributed by atoms with Crippen LogP contribution in [0, 0.1) is 5.82 Å². The second-order valence-corrected chi connectivity index (χ2v) is 7.08. The SMILES string of the molecule is CCS(=O)(=O)c1ccc(NC(=O)/C=C/c2ccc(F)cc2)cc1. The van der Waals surface area contributed by atoms with Crippen molar-refractivity contribution in [3.8, 4) is 0 Å². The Balaban J connectivity index is 2.01. The van der Waals surface area contributed by atoms with Crippen LogP contribution in [0.15, 0.2) is 59.5 Å². The molecule has 0 atom stereocenters. The number of nitrogens with one attached hydrogen (secondary N) is 1. The van der Waals surface area contributed by atoms with Gasteiger partial charge in [-0.25, -0.2) is 12.8 Å². The number of carbonyl (C=O) groups is 1. The van der Waals surface area contributed by atoms with Gasteiger partial charge in [-0.15, -0.1) is 0 Å². The molecule has 4 nitrogen and oxygen atoms in total. The number of carbonyl (C=O) groups excluding carboxylic acids is 1. The minimum Gasteiger partial charge on any atom is -0.323 e. The lowest BCUT2D eigenvalue weighted by Gasteiger charge is -2.04. The Morgan fingerprint density at radius 3 is 2.26 bits per heavy atom. The topological polar surface area (TPSA) is 63.2 Å². The van der Waals surface area contributed by atoms with E-state index in [1.54, 1.807) is 25.1 Å². The highest BCUT2D eigenvalue weighted by molar-refractivity contribution is 7.91. The minimum atomic E-state index is -3.25. The number of sulfone groups is 1. The Hall–Kier alpha value is -2.47. The van der Waals surface area contributed by atoms with Crippen LogP contribution in [0.4, 0.5) is 10.1 Å². The van der Waals surface area contributed by atoms with Crippen molar-refractivity contribution in [3.05, 3.63) is 66.0 Å². The van der Waals surface area contributed by atoms with Crippen LogP contribution in [0.1, 0.15) is 12.5 Å². The van der Waals surface area contributed by atoms with Gasteiger partial charge in [-0.05, 0) is 48.0 Å². The van der Waals surface area contributed by atoms with Gasteiger partial charge in [-0.1, -0.05) is 19.1 Å². The summed E-state index contributed by atoms with van der Waals surface area (Å²) in [6, 6.07) is 11.7. The Kier molecular flexibility index (Phi) is 5.28. The summed E-state index contributed by atoms with van der Waals surface area (Å²) in [6.45, 7) is 1.57. The second kappa shape index (κ2) is 7.19. The van der Waals surface area contributed by atoms with Crippen LogP contribution in [-0.2, 0) is 14.6 Å². The van der Waals surface area contributed by atoms with E-state index in [9.17, 15) is 17.6 Å². The molecule has 0 spiro atoms. The monoisotopic (exact) mass is 333 g/mol. The molecule has 2 rings (SSSR count). The van der Waals surface area contributed by atoms with Crippen LogP contribution in [-0.4, -0.2) is 20.1 Å². The lowest BCUT2D eigenvalue weighted by molar-refractivity contribution is -0.111. The fourth-order valence-electron chi connectivity index (χ4n) is 1.84. The van der Waals surface area contributed by atoms with Crippen molar-refractivity contribution >= 4 is 27.5 Å². The molecule has 0 saturated carbocycles. The highest BCUT2D eigenvalue weighted by Crippen LogP contribution is 2.15. The normalized spacial score (nSPS) is 11.6. The molecule has 0 saturated heterocycles. The quantitative estimate of drug-likeness (QED) is 0.854. The Morgan fingerprint density at radius 1 is 1.09 bits per heavy atom. The van der Waals surface area contributed by atoms with Gasteiger partial charge in [0, 0.05) is 11.8 Å². The van der Waals surface area contributed by atoms with Gasteiger partial charge in [-0.2, -0.15) is 0 Å². The molecule has 0 aliphatic carbocycles. The molecule has 23 heavy (non-hydrogen) atoms. The molecule has 0 fully saturated rings. The van der Waals surface area contributed by atoms with E-state index in [-0.39, 0.29) is 22.4 Å². The molecule has 0 unspecified atom stereocenters. The van der Waals surface area contributed by atoms with E-state index in [0.29, 0.717) is 11.3 Å². The lowest BCUT2D eigenvalue weighted by atomic mass is 10.2. The summed E-state index contributed by atoms with van der Waals surface area (Å²) < 4.78 is 36.2. The van der Waals surface area contributed by atoms with E-state index in [1.807, 2.05) is 0 Å². The molecular formula is C17H16FNO3S. The molecule has 0 heterocycles. The van der Waals surface area contributed by atoms with E-state index in [1.165, 1.54) is 42.5 Å². The van der Waals surface area contributed by atoms with Crippen LogP contribution in [0.3, 0.4) is 0 Å². The fraction of sp³-hybridized carbons (Fsp3) is 0.118. The van der Waals surface area contributed by atoms with Crippen molar-refractivity contribution in [2.45, 2.75) is 11.8 Å². The van der Waals surface area contributed by atoms with E-state index in [0.717, 1.165) is 0 Å². The molecule has 1 amide bonds. The molecule has 2 aromatic carbocycles. The van der Waals surface area contributed by atoms with Crippen LogP contribution >= 0.6 is 0 Å². The number of benzene rings is 2. The number of amides is 1. The molecular weight excluding hydrogens is 317 g/mol. The summed E-state index contributed by atoms with van der Waals surface area (Å²) in [5.74, 6) is -0.673. The number of halogens is 1. The zero-order valence-electron chi connectivity index (χ0n) is 12.5. The maximum absolute atomic E-state index is 12.8. The standard InChI is InChI=1S/C17H16FNO3S/c1-2-23(21,22)16-10-8-15(9-11-16)19-17(20)12-5-13-3-6-14(18)7-4-13/h3-12H,2H2,1H3,(H,19,20)/b12-5+. The first-order valence-corrected chi connectivity index (χ1v) is 8.63. The lowest BCUT2D eigenvalue weighted by Crippen LogP contribution is -2.08. The fourth-order valence-corrected chi connectivity index (χ4v) is 2.73. The molecule has 0 radical (unpaired) electrons. The minimum absolute atomic E-state index is 0.0269. The van der Waals surface area contributed by atoms with Crippen molar-refractivity contribution in [1.29, 1.82) is 0 Å². The first kappa shape index (κ1) is 16.9. The largest absolute Gasteiger partial charge is 0.323 e. The van der Waals surface area contributed by atoms with Gasteiger partial charge in [0.2, 0.25) is 5.91 Å². The molecule has 120 valence electrons. The number of anilines is 1. The van der Waals surface area contributed by atoms with Crippen LogP contribution < -0.4 is 5.32 Å². The Bertz CT molecular complexity index is 810. The van der Waals surface area contributed by atoms with Gasteiger partial charge < -0.3 is 5.32 Å². The van der Waals surface area contributed by atoms with Crippen LogP contribution in [0.5, 0.6) is 0 Å². The smallest absolute Gasteiger partial charge is 0.248 e. The van der Waals surface area contributed by atoms with Crippen LogP contribution in [0.25, 0.3) is 6.08 Å². The van der Waals surface area contributed by atoms with Gasteiger partial charge in [-0.3, -0.25) is 4.79 Å². The Morgan fingerprint density at radius 2 is 1.70 bits per heavy atom. The molecule has 0 aliphatic heterocycles. The van der Waals surface area contributed by atoms with Crippen molar-refractivity contribution in [2.75, 3.05) is 11.1 Å². The third-order valence-corrected chi connectivity index (χ3v) is 4.91. The molecule has 0 aromatic heterocycles. The van der Waals surface area contributed by atoms with E-state index in [4.69, 9.17) is 0 Å². The number of hydrogen-bond acceptors (Lipinski definition) is 3. The average molecular weight is 333 g/mol. The van der Waals surface area contributed by atoms with Crippen molar-refractivity contribution in [3.63, 3.8) is 0 Å². The first-order valence-electron chi connectivity index (χ1n) is 6.98. The average Bonchev–Trinajstić information content (AvgIpc) is 2.55. The number of rotatable bonds is 5. The van der Waals surface area contributed by atoms with Gasteiger partial charge in [0.25, 0.3) is 0 Å². The van der Waals surface area contributed by atoms with Gasteiger partial charge in [0.15, 0.2) is 9.84 Å². The summed E-state index contributed by atoms with van der Waals surface area (Å²) >= 11 is 0. The third kappa shape index (κ3) is 4.75. The second-order valence-electron chi connectivity index (χ2n) is 4.80. The summed E-state index contributed by atoms with van der Waals surface area (Å²) in [5, 5.41) is 2.63. The van der Waals surface area contributed by atoms with Crippen molar-refractivity contribution in [2.24, 2.45) is 0 Å². The maximum Gasteiger partial charge on any atom is 0.248 e. The zero-order chi connectivity index (χ0) is 16.9. The van der Waals surface area contributed by atoms with E-state index < -0.39 is 9.84 Å². The summed E-state index contributed by atoms with van der Waals surface area (Å²) in [5.41, 5.74) is 1.19. The highest BCUT2D eigenvalue weighted by atomic mass is 32.2. The summed E-state index contributed by atoms with van der Waals surface area (Å²) in [7, 11) is -3.25. The van der Waals surface area contributed by atoms with Crippen molar-refractivity contribution in [1.82, 2.24) is 0 Å². The predicted molar refractivity (Wildman–Crippen MR) is 88.2 cm³/mol. The Labute approximate surface area is 134 Å². The molecule has 1 N–H and O–H groups in total. The van der Waals surface area contributed by atoms with Gasteiger partial charge in [0.1, 0.15) is 5.82 Å². The van der Waals surface area contributed by atoms with E-state index >= 15 is 0 Å². The number of hydrogen-bond donors (Lipinski definition) is 1. The first-order chi connectivity index (χ1) is 10.9.